The summed E-state index contributed by atoms with van der Waals surface area (Å²) in [6.07, 6.45) is 0. The standard InChI is InChI=1S/C25H22N2O6/c1-30-22-12-17(13-23(31-2)24(22)32-3)27-25(29)26-16-8-6-7-15(11-16)21-14-19(28)18-9-4-5-10-20(18)33-21/h4-14H,1-3H3,(H2,26,27,29). The van der Waals surface area contributed by atoms with E-state index < -0.39 is 6.03 Å². The van der Waals surface area contributed by atoms with Gasteiger partial charge in [-0.25, -0.2) is 4.79 Å². The van der Waals surface area contributed by atoms with Crippen molar-refractivity contribution in [2.45, 2.75) is 0 Å². The van der Waals surface area contributed by atoms with Gasteiger partial charge in [0.2, 0.25) is 5.75 Å². The summed E-state index contributed by atoms with van der Waals surface area (Å²) in [7, 11) is 4.50. The number of para-hydroxylation sites is 1. The molecular weight excluding hydrogens is 424 g/mol. The van der Waals surface area contributed by atoms with Crippen LogP contribution in [0.1, 0.15) is 0 Å². The summed E-state index contributed by atoms with van der Waals surface area (Å²) in [5.41, 5.74) is 2.00. The largest absolute Gasteiger partial charge is 0.493 e. The van der Waals surface area contributed by atoms with Gasteiger partial charge in [-0.2, -0.15) is 0 Å². The van der Waals surface area contributed by atoms with E-state index in [2.05, 4.69) is 10.6 Å². The lowest BCUT2D eigenvalue weighted by molar-refractivity contribution is 0.262. The van der Waals surface area contributed by atoms with Crippen LogP contribution in [-0.4, -0.2) is 27.4 Å². The van der Waals surface area contributed by atoms with Gasteiger partial charge >= 0.3 is 6.03 Å². The van der Waals surface area contributed by atoms with E-state index >= 15 is 0 Å². The molecular formula is C25H22N2O6. The van der Waals surface area contributed by atoms with Crippen LogP contribution in [0, 0.1) is 0 Å². The molecule has 0 aliphatic heterocycles. The molecule has 0 radical (unpaired) electrons. The Morgan fingerprint density at radius 2 is 1.48 bits per heavy atom. The second-order valence-electron chi connectivity index (χ2n) is 7.05. The van der Waals surface area contributed by atoms with Gasteiger partial charge in [0.25, 0.3) is 0 Å². The molecule has 8 heteroatoms. The van der Waals surface area contributed by atoms with Gasteiger partial charge < -0.3 is 29.3 Å². The highest BCUT2D eigenvalue weighted by Crippen LogP contribution is 2.40. The van der Waals surface area contributed by atoms with E-state index in [1.165, 1.54) is 27.4 Å². The van der Waals surface area contributed by atoms with Crippen LogP contribution in [0.3, 0.4) is 0 Å². The number of fused-ring (bicyclic) bond motifs is 1. The van der Waals surface area contributed by atoms with Gasteiger partial charge in [0.05, 0.1) is 32.4 Å². The summed E-state index contributed by atoms with van der Waals surface area (Å²) in [5.74, 6) is 1.67. The van der Waals surface area contributed by atoms with Crippen molar-refractivity contribution in [3.63, 3.8) is 0 Å². The quantitative estimate of drug-likeness (QED) is 0.426. The maximum atomic E-state index is 12.6. The molecule has 0 aliphatic carbocycles. The van der Waals surface area contributed by atoms with Crippen LogP contribution in [-0.2, 0) is 0 Å². The van der Waals surface area contributed by atoms with E-state index in [4.69, 9.17) is 18.6 Å². The number of nitrogens with one attached hydrogen (secondary N) is 2. The van der Waals surface area contributed by atoms with Crippen molar-refractivity contribution in [3.05, 3.63) is 77.0 Å². The first-order valence-electron chi connectivity index (χ1n) is 10.0. The van der Waals surface area contributed by atoms with E-state index in [1.54, 1.807) is 60.7 Å². The fourth-order valence-electron chi connectivity index (χ4n) is 3.44. The zero-order valence-corrected chi connectivity index (χ0v) is 18.3. The number of carbonyl (C=O) groups is 1. The molecule has 0 fully saturated rings. The maximum absolute atomic E-state index is 12.6. The number of amides is 2. The second kappa shape index (κ2) is 9.35. The number of ether oxygens (including phenoxy) is 3. The Bertz CT molecular complexity index is 1350. The minimum absolute atomic E-state index is 0.134. The normalized spacial score (nSPS) is 10.5. The van der Waals surface area contributed by atoms with Crippen LogP contribution in [0.15, 0.2) is 75.9 Å². The van der Waals surface area contributed by atoms with E-state index in [9.17, 15) is 9.59 Å². The molecule has 0 saturated carbocycles. The highest BCUT2D eigenvalue weighted by atomic mass is 16.5. The molecule has 0 bridgehead atoms. The molecule has 33 heavy (non-hydrogen) atoms. The van der Waals surface area contributed by atoms with E-state index in [-0.39, 0.29) is 5.43 Å². The molecule has 0 atom stereocenters. The predicted molar refractivity (Wildman–Crippen MR) is 127 cm³/mol. The minimum atomic E-state index is -0.471. The number of urea groups is 1. The van der Waals surface area contributed by atoms with Gasteiger partial charge in [-0.3, -0.25) is 4.79 Å². The molecule has 1 aromatic heterocycles. The van der Waals surface area contributed by atoms with E-state index in [1.807, 2.05) is 0 Å². The summed E-state index contributed by atoms with van der Waals surface area (Å²) < 4.78 is 21.8. The van der Waals surface area contributed by atoms with Crippen molar-refractivity contribution in [3.8, 4) is 28.6 Å². The van der Waals surface area contributed by atoms with Crippen LogP contribution >= 0.6 is 0 Å². The number of methoxy groups -OCH3 is 3. The predicted octanol–water partition coefficient (Wildman–Crippen LogP) is 5.13. The van der Waals surface area contributed by atoms with Crippen molar-refractivity contribution < 1.29 is 23.4 Å². The minimum Gasteiger partial charge on any atom is -0.493 e. The fourth-order valence-corrected chi connectivity index (χ4v) is 3.44. The molecule has 168 valence electrons. The topological polar surface area (TPSA) is 99.0 Å². The molecule has 0 spiro atoms. The molecule has 0 aliphatic rings. The Balaban J connectivity index is 1.56. The lowest BCUT2D eigenvalue weighted by Gasteiger charge is -2.15. The molecule has 1 heterocycles. The Hall–Kier alpha value is -4.46. The third-order valence-corrected chi connectivity index (χ3v) is 4.96. The Morgan fingerprint density at radius 3 is 2.18 bits per heavy atom. The molecule has 0 unspecified atom stereocenters. The lowest BCUT2D eigenvalue weighted by atomic mass is 10.1. The molecule has 3 aromatic carbocycles. The molecule has 4 aromatic rings. The summed E-state index contributed by atoms with van der Waals surface area (Å²) in [4.78, 5) is 25.0. The molecule has 0 saturated heterocycles. The van der Waals surface area contributed by atoms with Crippen LogP contribution in [0.4, 0.5) is 16.2 Å². The highest BCUT2D eigenvalue weighted by Gasteiger charge is 2.15. The molecule has 8 nitrogen and oxygen atoms in total. The Kier molecular flexibility index (Phi) is 6.17. The fraction of sp³-hybridized carbons (Fsp3) is 0.120. The van der Waals surface area contributed by atoms with Gasteiger partial charge in [0.1, 0.15) is 11.3 Å². The third kappa shape index (κ3) is 4.59. The van der Waals surface area contributed by atoms with Crippen molar-refractivity contribution in [2.24, 2.45) is 0 Å². The number of carbonyl (C=O) groups excluding carboxylic acids is 1. The van der Waals surface area contributed by atoms with E-state index in [0.717, 1.165) is 0 Å². The number of benzene rings is 3. The molecule has 2 amide bonds. The van der Waals surface area contributed by atoms with Gasteiger partial charge in [-0.05, 0) is 24.3 Å². The average molecular weight is 446 g/mol. The second-order valence-corrected chi connectivity index (χ2v) is 7.05. The SMILES string of the molecule is COc1cc(NC(=O)Nc2cccc(-c3cc(=O)c4ccccc4o3)c2)cc(OC)c1OC. The smallest absolute Gasteiger partial charge is 0.323 e. The first-order valence-corrected chi connectivity index (χ1v) is 10.0. The van der Waals surface area contributed by atoms with Gasteiger partial charge in [-0.1, -0.05) is 24.3 Å². The van der Waals surface area contributed by atoms with Crippen LogP contribution in [0.2, 0.25) is 0 Å². The number of hydrogen-bond acceptors (Lipinski definition) is 6. The van der Waals surface area contributed by atoms with Crippen LogP contribution in [0.25, 0.3) is 22.3 Å². The summed E-state index contributed by atoms with van der Waals surface area (Å²) in [5, 5.41) is 6.03. The number of anilines is 2. The van der Waals surface area contributed by atoms with Gasteiger partial charge in [-0.15, -0.1) is 0 Å². The summed E-state index contributed by atoms with van der Waals surface area (Å²) >= 11 is 0. The first-order chi connectivity index (χ1) is 16.0. The van der Waals surface area contributed by atoms with Gasteiger partial charge in [0.15, 0.2) is 16.9 Å². The zero-order chi connectivity index (χ0) is 23.4. The Morgan fingerprint density at radius 1 is 0.788 bits per heavy atom. The summed E-state index contributed by atoms with van der Waals surface area (Å²) in [6, 6.07) is 18.3. The number of hydrogen-bond donors (Lipinski definition) is 2. The van der Waals surface area contributed by atoms with Crippen molar-refractivity contribution in [2.75, 3.05) is 32.0 Å². The number of rotatable bonds is 6. The first kappa shape index (κ1) is 21.8. The zero-order valence-electron chi connectivity index (χ0n) is 18.3. The highest BCUT2D eigenvalue weighted by molar-refractivity contribution is 6.00. The van der Waals surface area contributed by atoms with Crippen molar-refractivity contribution in [1.82, 2.24) is 0 Å². The maximum Gasteiger partial charge on any atom is 0.323 e. The van der Waals surface area contributed by atoms with E-state index in [0.29, 0.717) is 50.9 Å². The third-order valence-electron chi connectivity index (χ3n) is 4.96. The lowest BCUT2D eigenvalue weighted by Crippen LogP contribution is -2.19. The van der Waals surface area contributed by atoms with Crippen LogP contribution in [0.5, 0.6) is 17.2 Å². The van der Waals surface area contributed by atoms with Gasteiger partial charge in [0, 0.05) is 29.4 Å². The molecule has 4 rings (SSSR count). The average Bonchev–Trinajstić information content (AvgIpc) is 2.83. The van der Waals surface area contributed by atoms with Crippen molar-refractivity contribution in [1.29, 1.82) is 0 Å². The molecule has 2 N–H and O–H groups in total. The monoisotopic (exact) mass is 446 g/mol. The van der Waals surface area contributed by atoms with Crippen LogP contribution < -0.4 is 30.3 Å². The Labute approximate surface area is 189 Å². The van der Waals surface area contributed by atoms with Crippen molar-refractivity contribution >= 4 is 28.4 Å². The summed E-state index contributed by atoms with van der Waals surface area (Å²) in [6.45, 7) is 0.